The van der Waals surface area contributed by atoms with E-state index < -0.39 is 11.5 Å². The standard InChI is InChI=1S/C12H14N4O3/c1-12(2,11(17)18)16-10(13-14-15-16)8-4-6-9(19-3)7-5-8/h4-7H,1-3H3,(H,17,18). The van der Waals surface area contributed by atoms with E-state index in [-0.39, 0.29) is 0 Å². The monoisotopic (exact) mass is 262 g/mol. The van der Waals surface area contributed by atoms with Crippen LogP contribution in [0.3, 0.4) is 0 Å². The fourth-order valence-corrected chi connectivity index (χ4v) is 1.57. The first-order chi connectivity index (χ1) is 8.96. The lowest BCUT2D eigenvalue weighted by atomic mass is 10.1. The first kappa shape index (κ1) is 13.0. The third kappa shape index (κ3) is 2.26. The Morgan fingerprint density at radius 3 is 2.47 bits per heavy atom. The summed E-state index contributed by atoms with van der Waals surface area (Å²) in [6, 6.07) is 7.09. The van der Waals surface area contributed by atoms with Crippen LogP contribution in [0.25, 0.3) is 11.4 Å². The van der Waals surface area contributed by atoms with Gasteiger partial charge in [0, 0.05) is 5.56 Å². The van der Waals surface area contributed by atoms with Gasteiger partial charge in [-0.05, 0) is 48.5 Å². The zero-order valence-corrected chi connectivity index (χ0v) is 10.9. The third-order valence-electron chi connectivity index (χ3n) is 2.87. The lowest BCUT2D eigenvalue weighted by molar-refractivity contribution is -0.146. The summed E-state index contributed by atoms with van der Waals surface area (Å²) in [7, 11) is 1.58. The van der Waals surface area contributed by atoms with Crippen LogP contribution in [0.4, 0.5) is 0 Å². The van der Waals surface area contributed by atoms with E-state index in [0.29, 0.717) is 11.6 Å². The van der Waals surface area contributed by atoms with Crippen molar-refractivity contribution in [3.05, 3.63) is 24.3 Å². The van der Waals surface area contributed by atoms with Crippen LogP contribution in [0.1, 0.15) is 13.8 Å². The molecule has 0 aliphatic carbocycles. The quantitative estimate of drug-likeness (QED) is 0.889. The van der Waals surface area contributed by atoms with E-state index >= 15 is 0 Å². The molecular formula is C12H14N4O3. The minimum atomic E-state index is -1.22. The van der Waals surface area contributed by atoms with Gasteiger partial charge in [-0.15, -0.1) is 5.10 Å². The predicted octanol–water partition coefficient (Wildman–Crippen LogP) is 1.17. The number of rotatable bonds is 4. The number of aliphatic carboxylic acids is 1. The molecule has 7 heteroatoms. The Morgan fingerprint density at radius 1 is 1.32 bits per heavy atom. The second-order valence-corrected chi connectivity index (χ2v) is 4.51. The molecule has 1 aromatic heterocycles. The maximum atomic E-state index is 11.3. The lowest BCUT2D eigenvalue weighted by Gasteiger charge is -2.20. The highest BCUT2D eigenvalue weighted by atomic mass is 16.5. The van der Waals surface area contributed by atoms with Crippen LogP contribution in [0.2, 0.25) is 0 Å². The van der Waals surface area contributed by atoms with Gasteiger partial charge in [0.05, 0.1) is 7.11 Å². The highest BCUT2D eigenvalue weighted by Gasteiger charge is 2.33. The summed E-state index contributed by atoms with van der Waals surface area (Å²) in [6.07, 6.45) is 0. The summed E-state index contributed by atoms with van der Waals surface area (Å²) in [5.74, 6) is 0.102. The molecule has 0 atom stereocenters. The van der Waals surface area contributed by atoms with E-state index in [1.165, 1.54) is 4.68 Å². The molecule has 0 fully saturated rings. The minimum absolute atomic E-state index is 0.398. The van der Waals surface area contributed by atoms with Gasteiger partial charge in [-0.1, -0.05) is 0 Å². The number of carbonyl (C=O) groups is 1. The van der Waals surface area contributed by atoms with Gasteiger partial charge in [-0.3, -0.25) is 0 Å². The zero-order chi connectivity index (χ0) is 14.0. The Kier molecular flexibility index (Phi) is 3.20. The second-order valence-electron chi connectivity index (χ2n) is 4.51. The molecule has 0 amide bonds. The van der Waals surface area contributed by atoms with Crippen molar-refractivity contribution in [2.24, 2.45) is 0 Å². The molecule has 1 N–H and O–H groups in total. The molecule has 0 aliphatic rings. The van der Waals surface area contributed by atoms with Crippen LogP contribution in [0.15, 0.2) is 24.3 Å². The van der Waals surface area contributed by atoms with Gasteiger partial charge >= 0.3 is 5.97 Å². The van der Waals surface area contributed by atoms with Gasteiger partial charge in [-0.25, -0.2) is 9.48 Å². The fraction of sp³-hybridized carbons (Fsp3) is 0.333. The summed E-state index contributed by atoms with van der Waals surface area (Å²) in [4.78, 5) is 11.3. The van der Waals surface area contributed by atoms with Crippen LogP contribution in [0.5, 0.6) is 5.75 Å². The van der Waals surface area contributed by atoms with Crippen molar-refractivity contribution in [3.8, 4) is 17.1 Å². The Bertz CT molecular complexity index is 589. The van der Waals surface area contributed by atoms with E-state index in [1.54, 1.807) is 45.2 Å². The molecule has 0 bridgehead atoms. The summed E-state index contributed by atoms with van der Waals surface area (Å²) >= 11 is 0. The molecule has 0 saturated carbocycles. The number of tetrazole rings is 1. The van der Waals surface area contributed by atoms with Gasteiger partial charge < -0.3 is 9.84 Å². The Balaban J connectivity index is 2.46. The van der Waals surface area contributed by atoms with Gasteiger partial charge in [0.1, 0.15) is 5.75 Å². The minimum Gasteiger partial charge on any atom is -0.497 e. The van der Waals surface area contributed by atoms with E-state index in [1.807, 2.05) is 0 Å². The van der Waals surface area contributed by atoms with Gasteiger partial charge in [-0.2, -0.15) is 0 Å². The van der Waals surface area contributed by atoms with E-state index in [4.69, 9.17) is 4.74 Å². The van der Waals surface area contributed by atoms with Gasteiger partial charge in [0.2, 0.25) is 0 Å². The normalized spacial score (nSPS) is 11.3. The number of benzene rings is 1. The highest BCUT2D eigenvalue weighted by Crippen LogP contribution is 2.24. The van der Waals surface area contributed by atoms with E-state index in [2.05, 4.69) is 15.5 Å². The number of hydrogen-bond donors (Lipinski definition) is 1. The number of hydrogen-bond acceptors (Lipinski definition) is 5. The Labute approximate surface area is 109 Å². The van der Waals surface area contributed by atoms with Crippen molar-refractivity contribution in [2.75, 3.05) is 7.11 Å². The number of aromatic nitrogens is 4. The average molecular weight is 262 g/mol. The molecular weight excluding hydrogens is 248 g/mol. The molecule has 0 spiro atoms. The first-order valence-electron chi connectivity index (χ1n) is 5.63. The van der Waals surface area contributed by atoms with Crippen LogP contribution >= 0.6 is 0 Å². The molecule has 2 rings (SSSR count). The molecule has 7 nitrogen and oxygen atoms in total. The van der Waals surface area contributed by atoms with Gasteiger partial charge in [0.25, 0.3) is 0 Å². The van der Waals surface area contributed by atoms with Crippen LogP contribution in [-0.2, 0) is 10.3 Å². The second kappa shape index (κ2) is 4.68. The number of carboxylic acids is 1. The number of methoxy groups -OCH3 is 1. The molecule has 0 aliphatic heterocycles. The number of carboxylic acid groups (broad SMARTS) is 1. The third-order valence-corrected chi connectivity index (χ3v) is 2.87. The van der Waals surface area contributed by atoms with E-state index in [9.17, 15) is 9.90 Å². The lowest BCUT2D eigenvalue weighted by Crippen LogP contribution is -2.37. The Hall–Kier alpha value is -2.44. The largest absolute Gasteiger partial charge is 0.497 e. The van der Waals surface area contributed by atoms with Crippen LogP contribution < -0.4 is 4.74 Å². The molecule has 1 heterocycles. The molecule has 100 valence electrons. The van der Waals surface area contributed by atoms with E-state index in [0.717, 1.165) is 5.56 Å². The van der Waals surface area contributed by atoms with Crippen LogP contribution in [0, 0.1) is 0 Å². The zero-order valence-electron chi connectivity index (χ0n) is 10.9. The topological polar surface area (TPSA) is 90.1 Å². The van der Waals surface area contributed by atoms with Crippen molar-refractivity contribution < 1.29 is 14.6 Å². The molecule has 2 aromatic rings. The summed E-state index contributed by atoms with van der Waals surface area (Å²) in [5.41, 5.74) is -0.501. The average Bonchev–Trinajstić information content (AvgIpc) is 2.88. The first-order valence-corrected chi connectivity index (χ1v) is 5.63. The molecule has 0 unspecified atom stereocenters. The van der Waals surface area contributed by atoms with Crippen molar-refractivity contribution in [3.63, 3.8) is 0 Å². The number of nitrogens with zero attached hydrogens (tertiary/aromatic N) is 4. The summed E-state index contributed by atoms with van der Waals surface area (Å²) in [6.45, 7) is 3.08. The Morgan fingerprint density at radius 2 is 1.95 bits per heavy atom. The maximum absolute atomic E-state index is 11.3. The number of ether oxygens (including phenoxy) is 1. The molecule has 0 radical (unpaired) electrons. The van der Waals surface area contributed by atoms with Crippen molar-refractivity contribution >= 4 is 5.97 Å². The van der Waals surface area contributed by atoms with Gasteiger partial charge in [0.15, 0.2) is 11.4 Å². The SMILES string of the molecule is COc1ccc(-c2nnnn2C(C)(C)C(=O)O)cc1. The van der Waals surface area contributed by atoms with Crippen molar-refractivity contribution in [1.82, 2.24) is 20.2 Å². The fourth-order valence-electron chi connectivity index (χ4n) is 1.57. The van der Waals surface area contributed by atoms with Crippen molar-refractivity contribution in [2.45, 2.75) is 19.4 Å². The molecule has 0 saturated heterocycles. The van der Waals surface area contributed by atoms with Crippen molar-refractivity contribution in [1.29, 1.82) is 0 Å². The maximum Gasteiger partial charge on any atom is 0.331 e. The molecule has 19 heavy (non-hydrogen) atoms. The van der Waals surface area contributed by atoms with Crippen LogP contribution in [-0.4, -0.2) is 38.4 Å². The summed E-state index contributed by atoms with van der Waals surface area (Å²) in [5, 5.41) is 20.4. The highest BCUT2D eigenvalue weighted by molar-refractivity contribution is 5.76. The summed E-state index contributed by atoms with van der Waals surface area (Å²) < 4.78 is 6.36. The smallest absolute Gasteiger partial charge is 0.331 e. The molecule has 1 aromatic carbocycles. The predicted molar refractivity (Wildman–Crippen MR) is 66.8 cm³/mol.